The van der Waals surface area contributed by atoms with Crippen molar-refractivity contribution >= 4 is 43.1 Å². The van der Waals surface area contributed by atoms with Crippen LogP contribution in [0.2, 0.25) is 0 Å². The van der Waals surface area contributed by atoms with Crippen LogP contribution in [0.5, 0.6) is 5.75 Å². The number of aryl methyl sites for hydroxylation is 1. The Balaban J connectivity index is 2.05. The number of hydrogen-bond acceptors (Lipinski definition) is 9. The van der Waals surface area contributed by atoms with E-state index in [4.69, 9.17) is 4.74 Å². The van der Waals surface area contributed by atoms with E-state index < -0.39 is 31.4 Å². The second-order valence-corrected chi connectivity index (χ2v) is 15.2. The molecule has 0 fully saturated rings. The van der Waals surface area contributed by atoms with Gasteiger partial charge in [0.15, 0.2) is 11.5 Å². The fourth-order valence-electron chi connectivity index (χ4n) is 3.95. The first-order valence-electron chi connectivity index (χ1n) is 13.1. The molecule has 0 aliphatic rings. The van der Waals surface area contributed by atoms with Gasteiger partial charge in [-0.05, 0) is 42.2 Å². The maximum atomic E-state index is 13.5. The number of sulfonamides is 2. The summed E-state index contributed by atoms with van der Waals surface area (Å²) < 4.78 is 62.5. The van der Waals surface area contributed by atoms with Crippen molar-refractivity contribution < 1.29 is 26.4 Å². The largest absolute Gasteiger partial charge is 0.492 e. The van der Waals surface area contributed by atoms with Gasteiger partial charge in [0.25, 0.3) is 15.9 Å². The highest BCUT2D eigenvalue weighted by atomic mass is 32.2. The third kappa shape index (κ3) is 7.73. The molecule has 0 radical (unpaired) electrons. The minimum atomic E-state index is -4.36. The standard InChI is InChI=1S/C28H38N6O6S2/c1-10-40-21-16-15-18(27(2,3)4)17-22(21)42(38,39)33-26(35)19-13-11-12-14-20(19)29-30-23-24(28(5,6)7)31-34(8)25(23)32-41(9,36)37/h11-17,32H,10H2,1-9H3,(H,33,35). The summed E-state index contributed by atoms with van der Waals surface area (Å²) in [7, 11) is -6.47. The van der Waals surface area contributed by atoms with Crippen molar-refractivity contribution in [2.75, 3.05) is 17.6 Å². The molecule has 0 aliphatic heterocycles. The first kappa shape index (κ1) is 32.7. The summed E-state index contributed by atoms with van der Waals surface area (Å²) in [4.78, 5) is 13.2. The number of aromatic nitrogens is 2. The Hall–Kier alpha value is -3.78. The van der Waals surface area contributed by atoms with E-state index in [9.17, 15) is 21.6 Å². The summed E-state index contributed by atoms with van der Waals surface area (Å²) in [6.07, 6.45) is 1.01. The van der Waals surface area contributed by atoms with E-state index in [1.54, 1.807) is 38.2 Å². The fraction of sp³-hybridized carbons (Fsp3) is 0.429. The van der Waals surface area contributed by atoms with Crippen molar-refractivity contribution in [3.63, 3.8) is 0 Å². The Morgan fingerprint density at radius 1 is 0.976 bits per heavy atom. The van der Waals surface area contributed by atoms with Crippen molar-refractivity contribution in [2.45, 2.75) is 64.2 Å². The Morgan fingerprint density at radius 3 is 2.19 bits per heavy atom. The number of azo groups is 1. The van der Waals surface area contributed by atoms with Crippen LogP contribution >= 0.6 is 0 Å². The molecule has 42 heavy (non-hydrogen) atoms. The van der Waals surface area contributed by atoms with Gasteiger partial charge in [-0.25, -0.2) is 26.2 Å². The van der Waals surface area contributed by atoms with Crippen LogP contribution in [0.3, 0.4) is 0 Å². The zero-order valence-corrected chi connectivity index (χ0v) is 26.9. The first-order chi connectivity index (χ1) is 19.2. The number of hydrogen-bond donors (Lipinski definition) is 2. The van der Waals surface area contributed by atoms with Crippen LogP contribution in [-0.4, -0.2) is 45.4 Å². The molecule has 2 N–H and O–H groups in total. The molecule has 0 bridgehead atoms. The van der Waals surface area contributed by atoms with Crippen molar-refractivity contribution in [1.29, 1.82) is 0 Å². The van der Waals surface area contributed by atoms with E-state index in [0.29, 0.717) is 5.69 Å². The number of nitrogens with zero attached hydrogens (tertiary/aromatic N) is 4. The van der Waals surface area contributed by atoms with Gasteiger partial charge in [0.2, 0.25) is 10.0 Å². The van der Waals surface area contributed by atoms with Gasteiger partial charge in [-0.3, -0.25) is 9.52 Å². The zero-order valence-electron chi connectivity index (χ0n) is 25.3. The van der Waals surface area contributed by atoms with E-state index in [1.165, 1.54) is 22.9 Å². The van der Waals surface area contributed by atoms with Gasteiger partial charge in [-0.2, -0.15) is 5.10 Å². The lowest BCUT2D eigenvalue weighted by atomic mass is 9.87. The van der Waals surface area contributed by atoms with Crippen LogP contribution in [-0.2, 0) is 37.9 Å². The highest BCUT2D eigenvalue weighted by Gasteiger charge is 2.29. The van der Waals surface area contributed by atoms with Gasteiger partial charge in [0.05, 0.1) is 29.8 Å². The molecular weight excluding hydrogens is 580 g/mol. The molecule has 228 valence electrons. The smallest absolute Gasteiger partial charge is 0.268 e. The summed E-state index contributed by atoms with van der Waals surface area (Å²) in [5.41, 5.74) is 0.493. The molecule has 0 saturated carbocycles. The van der Waals surface area contributed by atoms with E-state index in [2.05, 4.69) is 24.8 Å². The lowest BCUT2D eigenvalue weighted by Crippen LogP contribution is -2.31. The SMILES string of the molecule is CCOc1ccc(C(C)(C)C)cc1S(=O)(=O)NC(=O)c1ccccc1N=Nc1c(C(C)(C)C)nn(C)c1NS(C)(=O)=O. The van der Waals surface area contributed by atoms with E-state index >= 15 is 0 Å². The highest BCUT2D eigenvalue weighted by Crippen LogP contribution is 2.38. The van der Waals surface area contributed by atoms with Gasteiger partial charge in [0, 0.05) is 12.5 Å². The number of nitrogens with one attached hydrogen (secondary N) is 2. The van der Waals surface area contributed by atoms with Crippen molar-refractivity contribution in [3.05, 3.63) is 59.3 Å². The number of rotatable bonds is 9. The predicted octanol–water partition coefficient (Wildman–Crippen LogP) is 5.32. The summed E-state index contributed by atoms with van der Waals surface area (Å²) in [5.74, 6) is -0.710. The average Bonchev–Trinajstić information content (AvgIpc) is 3.16. The van der Waals surface area contributed by atoms with Crippen LogP contribution in [0.1, 0.15) is 70.1 Å². The Morgan fingerprint density at radius 2 is 1.62 bits per heavy atom. The lowest BCUT2D eigenvalue weighted by molar-refractivity contribution is 0.0982. The monoisotopic (exact) mass is 618 g/mol. The van der Waals surface area contributed by atoms with Gasteiger partial charge in [-0.1, -0.05) is 59.7 Å². The molecule has 0 atom stereocenters. The molecule has 0 aliphatic carbocycles. The van der Waals surface area contributed by atoms with Gasteiger partial charge < -0.3 is 4.74 Å². The molecule has 3 rings (SSSR count). The molecule has 1 heterocycles. The number of benzene rings is 2. The van der Waals surface area contributed by atoms with Gasteiger partial charge in [-0.15, -0.1) is 10.2 Å². The zero-order chi connectivity index (χ0) is 31.7. The maximum absolute atomic E-state index is 13.5. The minimum Gasteiger partial charge on any atom is -0.492 e. The number of carbonyl (C=O) groups is 1. The Kier molecular flexibility index (Phi) is 9.23. The van der Waals surface area contributed by atoms with Gasteiger partial charge in [0.1, 0.15) is 10.6 Å². The second kappa shape index (κ2) is 11.8. The molecule has 1 aromatic heterocycles. The molecule has 2 aromatic carbocycles. The third-order valence-electron chi connectivity index (χ3n) is 6.05. The molecule has 14 heteroatoms. The minimum absolute atomic E-state index is 0.0615. The number of ether oxygens (including phenoxy) is 1. The topological polar surface area (TPSA) is 161 Å². The van der Waals surface area contributed by atoms with Gasteiger partial charge >= 0.3 is 0 Å². The normalized spacial score (nSPS) is 12.9. The molecular formula is C28H38N6O6S2. The maximum Gasteiger partial charge on any atom is 0.268 e. The van der Waals surface area contributed by atoms with E-state index in [0.717, 1.165) is 11.8 Å². The van der Waals surface area contributed by atoms with E-state index in [-0.39, 0.29) is 45.4 Å². The van der Waals surface area contributed by atoms with Crippen molar-refractivity contribution in [3.8, 4) is 5.75 Å². The summed E-state index contributed by atoms with van der Waals surface area (Å²) in [6, 6.07) is 11.0. The molecule has 0 saturated heterocycles. The Labute approximate surface area is 247 Å². The van der Waals surface area contributed by atoms with Crippen LogP contribution in [0.15, 0.2) is 57.6 Å². The first-order valence-corrected chi connectivity index (χ1v) is 16.5. The molecule has 12 nitrogen and oxygen atoms in total. The molecule has 0 unspecified atom stereocenters. The number of amides is 1. The van der Waals surface area contributed by atoms with Crippen LogP contribution < -0.4 is 14.2 Å². The van der Waals surface area contributed by atoms with E-state index in [1.807, 2.05) is 41.5 Å². The number of anilines is 1. The third-order valence-corrected chi connectivity index (χ3v) is 7.96. The summed E-state index contributed by atoms with van der Waals surface area (Å²) in [5, 5.41) is 12.9. The predicted molar refractivity (Wildman–Crippen MR) is 162 cm³/mol. The Bertz CT molecular complexity index is 1730. The van der Waals surface area contributed by atoms with Crippen molar-refractivity contribution in [1.82, 2.24) is 14.5 Å². The van der Waals surface area contributed by atoms with Crippen LogP contribution in [0, 0.1) is 0 Å². The summed E-state index contributed by atoms with van der Waals surface area (Å²) in [6.45, 7) is 13.5. The lowest BCUT2D eigenvalue weighted by Gasteiger charge is -2.21. The summed E-state index contributed by atoms with van der Waals surface area (Å²) >= 11 is 0. The molecule has 1 amide bonds. The number of carbonyl (C=O) groups excluding carboxylic acids is 1. The molecule has 0 spiro atoms. The van der Waals surface area contributed by atoms with Crippen LogP contribution in [0.25, 0.3) is 0 Å². The fourth-order valence-corrected chi connectivity index (χ4v) is 5.67. The van der Waals surface area contributed by atoms with Crippen molar-refractivity contribution in [2.24, 2.45) is 17.3 Å². The average molecular weight is 619 g/mol. The quantitative estimate of drug-likeness (QED) is 0.307. The molecule has 3 aromatic rings. The highest BCUT2D eigenvalue weighted by molar-refractivity contribution is 7.92. The second-order valence-electron chi connectivity index (χ2n) is 11.8. The van der Waals surface area contributed by atoms with Crippen LogP contribution in [0.4, 0.5) is 17.2 Å².